The standard InChI is InChI=1S/C22H25N3O5S/c1-30-19-9-8-16(13-20(19)31(28,29)24-10-4-5-11-24)22(27)25-14-17-7-3-2-6-15(17)12-18(25)21(23)26/h2-3,6-9,13,18H,4-5,10-12,14H2,1H3,(H2,23,26)/t18-/m0/s1. The van der Waals surface area contributed by atoms with Gasteiger partial charge in [-0.1, -0.05) is 24.3 Å². The van der Waals surface area contributed by atoms with Gasteiger partial charge in [-0.2, -0.15) is 4.31 Å². The molecule has 2 N–H and O–H groups in total. The second kappa shape index (κ2) is 8.32. The van der Waals surface area contributed by atoms with Crippen LogP contribution in [-0.2, 0) is 27.8 Å². The molecule has 0 aromatic heterocycles. The molecule has 2 aliphatic rings. The Bertz CT molecular complexity index is 1130. The van der Waals surface area contributed by atoms with Crippen LogP contribution in [0.2, 0.25) is 0 Å². The number of fused-ring (bicyclic) bond motifs is 1. The molecule has 0 bridgehead atoms. The molecule has 4 rings (SSSR count). The lowest BCUT2D eigenvalue weighted by molar-refractivity contribution is -0.122. The molecule has 0 radical (unpaired) electrons. The summed E-state index contributed by atoms with van der Waals surface area (Å²) in [5.41, 5.74) is 7.68. The van der Waals surface area contributed by atoms with E-state index in [1.807, 2.05) is 24.3 Å². The number of ether oxygens (including phenoxy) is 1. The van der Waals surface area contributed by atoms with E-state index < -0.39 is 27.9 Å². The number of rotatable bonds is 5. The fourth-order valence-electron chi connectivity index (χ4n) is 4.24. The number of hydrogen-bond acceptors (Lipinski definition) is 5. The van der Waals surface area contributed by atoms with E-state index in [-0.39, 0.29) is 22.8 Å². The minimum Gasteiger partial charge on any atom is -0.495 e. The molecular formula is C22H25N3O5S. The minimum absolute atomic E-state index is 0.0456. The van der Waals surface area contributed by atoms with Gasteiger partial charge < -0.3 is 15.4 Å². The number of carbonyl (C=O) groups is 2. The quantitative estimate of drug-likeness (QED) is 0.754. The van der Waals surface area contributed by atoms with Crippen molar-refractivity contribution in [2.24, 2.45) is 5.73 Å². The Kier molecular flexibility index (Phi) is 5.72. The summed E-state index contributed by atoms with van der Waals surface area (Å²) in [6.45, 7) is 1.11. The first-order valence-electron chi connectivity index (χ1n) is 10.2. The summed E-state index contributed by atoms with van der Waals surface area (Å²) in [4.78, 5) is 26.9. The van der Waals surface area contributed by atoms with E-state index in [1.165, 1.54) is 34.5 Å². The van der Waals surface area contributed by atoms with Gasteiger partial charge in [-0.05, 0) is 42.2 Å². The van der Waals surface area contributed by atoms with Crippen LogP contribution in [0.3, 0.4) is 0 Å². The Labute approximate surface area is 181 Å². The number of methoxy groups -OCH3 is 1. The molecule has 1 atom stereocenters. The molecule has 2 amide bonds. The highest BCUT2D eigenvalue weighted by Crippen LogP contribution is 2.31. The number of amides is 2. The summed E-state index contributed by atoms with van der Waals surface area (Å²) < 4.78 is 33.0. The third-order valence-electron chi connectivity index (χ3n) is 5.93. The Morgan fingerprint density at radius 1 is 1.06 bits per heavy atom. The summed E-state index contributed by atoms with van der Waals surface area (Å²) in [6, 6.07) is 11.1. The van der Waals surface area contributed by atoms with Crippen molar-refractivity contribution in [1.82, 2.24) is 9.21 Å². The summed E-state index contributed by atoms with van der Waals surface area (Å²) in [6.07, 6.45) is 1.92. The lowest BCUT2D eigenvalue weighted by Gasteiger charge is -2.35. The number of nitrogens with two attached hydrogens (primary N) is 1. The highest BCUT2D eigenvalue weighted by atomic mass is 32.2. The van der Waals surface area contributed by atoms with Gasteiger partial charge in [0.05, 0.1) is 7.11 Å². The number of sulfonamides is 1. The van der Waals surface area contributed by atoms with Crippen LogP contribution in [0.5, 0.6) is 5.75 Å². The normalized spacial score (nSPS) is 19.1. The molecule has 31 heavy (non-hydrogen) atoms. The molecule has 2 aromatic rings. The molecular weight excluding hydrogens is 418 g/mol. The maximum atomic E-state index is 13.4. The molecule has 1 saturated heterocycles. The zero-order valence-electron chi connectivity index (χ0n) is 17.3. The molecule has 0 unspecified atom stereocenters. The Hall–Kier alpha value is -2.91. The molecule has 0 spiro atoms. The smallest absolute Gasteiger partial charge is 0.254 e. The molecule has 2 aliphatic heterocycles. The van der Waals surface area contributed by atoms with Gasteiger partial charge in [-0.15, -0.1) is 0 Å². The lowest BCUT2D eigenvalue weighted by Crippen LogP contribution is -2.51. The van der Waals surface area contributed by atoms with Crippen molar-refractivity contribution in [3.05, 3.63) is 59.2 Å². The second-order valence-electron chi connectivity index (χ2n) is 7.80. The van der Waals surface area contributed by atoms with Crippen LogP contribution in [0, 0.1) is 0 Å². The van der Waals surface area contributed by atoms with Crippen LogP contribution in [-0.4, -0.2) is 55.7 Å². The van der Waals surface area contributed by atoms with Crippen molar-refractivity contribution in [3.63, 3.8) is 0 Å². The molecule has 2 aromatic carbocycles. The van der Waals surface area contributed by atoms with Crippen LogP contribution in [0.4, 0.5) is 0 Å². The number of primary amides is 1. The van der Waals surface area contributed by atoms with Crippen molar-refractivity contribution >= 4 is 21.8 Å². The van der Waals surface area contributed by atoms with Crippen LogP contribution < -0.4 is 10.5 Å². The third kappa shape index (κ3) is 3.90. The Balaban J connectivity index is 1.72. The van der Waals surface area contributed by atoms with Crippen molar-refractivity contribution in [2.45, 2.75) is 36.7 Å². The molecule has 0 aliphatic carbocycles. The first-order chi connectivity index (χ1) is 14.8. The van der Waals surface area contributed by atoms with Gasteiger partial charge in [0.1, 0.15) is 16.7 Å². The average Bonchev–Trinajstić information content (AvgIpc) is 3.33. The monoisotopic (exact) mass is 443 g/mol. The fraction of sp³-hybridized carbons (Fsp3) is 0.364. The van der Waals surface area contributed by atoms with Crippen molar-refractivity contribution in [1.29, 1.82) is 0 Å². The molecule has 9 heteroatoms. The van der Waals surface area contributed by atoms with Crippen LogP contribution >= 0.6 is 0 Å². The zero-order chi connectivity index (χ0) is 22.2. The number of carbonyl (C=O) groups excluding carboxylic acids is 2. The van der Waals surface area contributed by atoms with Crippen LogP contribution in [0.1, 0.15) is 34.3 Å². The predicted octanol–water partition coefficient (Wildman–Crippen LogP) is 1.53. The SMILES string of the molecule is COc1ccc(C(=O)N2Cc3ccccc3C[C@H]2C(N)=O)cc1S(=O)(=O)N1CCCC1. The molecule has 164 valence electrons. The number of benzene rings is 2. The maximum absolute atomic E-state index is 13.4. The van der Waals surface area contributed by atoms with Gasteiger partial charge in [0.25, 0.3) is 5.91 Å². The van der Waals surface area contributed by atoms with E-state index in [1.54, 1.807) is 0 Å². The molecule has 1 fully saturated rings. The highest BCUT2D eigenvalue weighted by molar-refractivity contribution is 7.89. The summed E-state index contributed by atoms with van der Waals surface area (Å²) in [7, 11) is -2.41. The van der Waals surface area contributed by atoms with Crippen LogP contribution in [0.15, 0.2) is 47.4 Å². The Morgan fingerprint density at radius 3 is 2.39 bits per heavy atom. The van der Waals surface area contributed by atoms with Gasteiger partial charge in [-0.3, -0.25) is 9.59 Å². The van der Waals surface area contributed by atoms with Crippen molar-refractivity contribution in [3.8, 4) is 5.75 Å². The highest BCUT2D eigenvalue weighted by Gasteiger charge is 2.35. The summed E-state index contributed by atoms with van der Waals surface area (Å²) >= 11 is 0. The van der Waals surface area contributed by atoms with Gasteiger partial charge in [0, 0.05) is 31.6 Å². The second-order valence-corrected chi connectivity index (χ2v) is 9.71. The summed E-state index contributed by atoms with van der Waals surface area (Å²) in [5.74, 6) is -0.862. The first kappa shape index (κ1) is 21.3. The van der Waals surface area contributed by atoms with Crippen LogP contribution in [0.25, 0.3) is 0 Å². The third-order valence-corrected chi connectivity index (χ3v) is 7.85. The topological polar surface area (TPSA) is 110 Å². The lowest BCUT2D eigenvalue weighted by atomic mass is 9.93. The maximum Gasteiger partial charge on any atom is 0.254 e. The van der Waals surface area contributed by atoms with Crippen molar-refractivity contribution in [2.75, 3.05) is 20.2 Å². The molecule has 8 nitrogen and oxygen atoms in total. The summed E-state index contributed by atoms with van der Waals surface area (Å²) in [5, 5.41) is 0. The van der Waals surface area contributed by atoms with Gasteiger partial charge in [-0.25, -0.2) is 8.42 Å². The van der Waals surface area contributed by atoms with Gasteiger partial charge in [0.2, 0.25) is 15.9 Å². The first-order valence-corrected chi connectivity index (χ1v) is 11.6. The Morgan fingerprint density at radius 2 is 1.74 bits per heavy atom. The van der Waals surface area contributed by atoms with Crippen molar-refractivity contribution < 1.29 is 22.7 Å². The minimum atomic E-state index is -3.80. The van der Waals surface area contributed by atoms with E-state index in [0.29, 0.717) is 19.5 Å². The largest absolute Gasteiger partial charge is 0.495 e. The fourth-order valence-corrected chi connectivity index (χ4v) is 5.93. The van der Waals surface area contributed by atoms with E-state index in [9.17, 15) is 18.0 Å². The van der Waals surface area contributed by atoms with Gasteiger partial charge >= 0.3 is 0 Å². The number of hydrogen-bond donors (Lipinski definition) is 1. The molecule has 0 saturated carbocycles. The van der Waals surface area contributed by atoms with E-state index in [4.69, 9.17) is 10.5 Å². The van der Waals surface area contributed by atoms with Gasteiger partial charge in [0.15, 0.2) is 0 Å². The van der Waals surface area contributed by atoms with E-state index in [0.717, 1.165) is 24.0 Å². The predicted molar refractivity (Wildman–Crippen MR) is 114 cm³/mol. The van der Waals surface area contributed by atoms with E-state index in [2.05, 4.69) is 0 Å². The van der Waals surface area contributed by atoms with E-state index >= 15 is 0 Å². The zero-order valence-corrected chi connectivity index (χ0v) is 18.1. The average molecular weight is 444 g/mol. The number of nitrogens with zero attached hydrogens (tertiary/aromatic N) is 2. The molecule has 2 heterocycles.